The summed E-state index contributed by atoms with van der Waals surface area (Å²) in [7, 11) is 0.959. The van der Waals surface area contributed by atoms with Crippen molar-refractivity contribution in [1.29, 1.82) is 0 Å². The smallest absolute Gasteiger partial charge is 0.342 e. The summed E-state index contributed by atoms with van der Waals surface area (Å²) >= 11 is 0. The van der Waals surface area contributed by atoms with Crippen LogP contribution in [0, 0.1) is 0 Å². The van der Waals surface area contributed by atoms with Crippen molar-refractivity contribution in [2.45, 2.75) is 6.61 Å². The van der Waals surface area contributed by atoms with Crippen molar-refractivity contribution in [3.63, 3.8) is 0 Å². The fourth-order valence-electron chi connectivity index (χ4n) is 1.79. The van der Waals surface area contributed by atoms with E-state index in [-0.39, 0.29) is 5.97 Å². The molecule has 0 fully saturated rings. The highest BCUT2D eigenvalue weighted by Gasteiger charge is 2.33. The summed E-state index contributed by atoms with van der Waals surface area (Å²) in [6.07, 6.45) is 0.698. The molecular formula is C9H8O4Si. The number of carbonyl (C=O) groups is 1. The van der Waals surface area contributed by atoms with Gasteiger partial charge in [-0.3, -0.25) is 0 Å². The molecule has 0 aromatic carbocycles. The molecule has 72 valence electrons. The van der Waals surface area contributed by atoms with Crippen molar-refractivity contribution in [2.75, 3.05) is 6.23 Å². The second-order valence-corrected chi connectivity index (χ2v) is 3.74. The summed E-state index contributed by atoms with van der Waals surface area (Å²) in [5, 5.41) is 0. The molecule has 0 saturated heterocycles. The number of ether oxygens (including phenoxy) is 2. The average molecular weight is 208 g/mol. The number of cyclic esters (lactones) is 1. The standard InChI is InChI=1S/C9H8O4Si/c10-9-7-4(2-11-9)5-1-6(12-3-14)8(7)13-5/h1H,2-3H2,14H3. The second-order valence-electron chi connectivity index (χ2n) is 3.17. The first-order valence-electron chi connectivity index (χ1n) is 4.49. The Hall–Kier alpha value is -1.49. The van der Waals surface area contributed by atoms with E-state index in [1.807, 2.05) is 6.07 Å². The molecule has 0 saturated carbocycles. The highest BCUT2D eigenvalue weighted by Crippen LogP contribution is 2.40. The second kappa shape index (κ2) is 2.51. The Bertz CT molecular complexity index is 501. The molecule has 0 unspecified atom stereocenters. The van der Waals surface area contributed by atoms with Crippen molar-refractivity contribution in [3.8, 4) is 5.75 Å². The van der Waals surface area contributed by atoms with Gasteiger partial charge >= 0.3 is 5.97 Å². The van der Waals surface area contributed by atoms with Gasteiger partial charge in [-0.05, 0) is 0 Å². The van der Waals surface area contributed by atoms with Gasteiger partial charge < -0.3 is 13.9 Å². The van der Waals surface area contributed by atoms with Crippen LogP contribution in [0.15, 0.2) is 10.5 Å². The predicted octanol–water partition coefficient (Wildman–Crippen LogP) is 0.243. The topological polar surface area (TPSA) is 48.7 Å². The normalized spacial score (nSPS) is 15.0. The lowest BCUT2D eigenvalue weighted by Gasteiger charge is -1.99. The molecule has 2 aromatic heterocycles. The molecule has 0 spiro atoms. The minimum Gasteiger partial charge on any atom is -0.494 e. The van der Waals surface area contributed by atoms with Gasteiger partial charge in [0, 0.05) is 6.07 Å². The fraction of sp³-hybridized carbons (Fsp3) is 0.222. The van der Waals surface area contributed by atoms with E-state index in [2.05, 4.69) is 0 Å². The Labute approximate surface area is 82.5 Å². The lowest BCUT2D eigenvalue weighted by Crippen LogP contribution is -1.98. The van der Waals surface area contributed by atoms with Gasteiger partial charge in [0.25, 0.3) is 0 Å². The molecule has 14 heavy (non-hydrogen) atoms. The first-order chi connectivity index (χ1) is 6.81. The highest BCUT2D eigenvalue weighted by molar-refractivity contribution is 6.09. The Balaban J connectivity index is 2.23. The summed E-state index contributed by atoms with van der Waals surface area (Å²) in [5.74, 6) is 0.375. The molecule has 3 heterocycles. The minimum absolute atomic E-state index is 0.299. The largest absolute Gasteiger partial charge is 0.494 e. The molecule has 0 N–H and O–H groups in total. The van der Waals surface area contributed by atoms with Gasteiger partial charge in [0.05, 0.1) is 22.0 Å². The van der Waals surface area contributed by atoms with Crippen molar-refractivity contribution < 1.29 is 18.7 Å². The van der Waals surface area contributed by atoms with E-state index in [9.17, 15) is 4.79 Å². The van der Waals surface area contributed by atoms with E-state index in [1.165, 1.54) is 0 Å². The molecular weight excluding hydrogens is 200 g/mol. The summed E-state index contributed by atoms with van der Waals surface area (Å²) in [6, 6.07) is 1.83. The van der Waals surface area contributed by atoms with E-state index >= 15 is 0 Å². The van der Waals surface area contributed by atoms with Crippen LogP contribution < -0.4 is 4.74 Å². The number of rotatable bonds is 2. The number of hydrogen-bond acceptors (Lipinski definition) is 4. The number of hydrogen-bond donors (Lipinski definition) is 0. The van der Waals surface area contributed by atoms with Crippen LogP contribution in [-0.4, -0.2) is 22.4 Å². The Morgan fingerprint density at radius 3 is 3.21 bits per heavy atom. The van der Waals surface area contributed by atoms with Gasteiger partial charge in [-0.1, -0.05) is 0 Å². The number of furan rings is 2. The summed E-state index contributed by atoms with van der Waals surface area (Å²) in [6.45, 7) is 0.331. The Morgan fingerprint density at radius 2 is 2.43 bits per heavy atom. The number of benzene rings is 1. The minimum atomic E-state index is -0.299. The van der Waals surface area contributed by atoms with Gasteiger partial charge in [-0.15, -0.1) is 0 Å². The van der Waals surface area contributed by atoms with Gasteiger partial charge in [-0.25, -0.2) is 4.79 Å². The van der Waals surface area contributed by atoms with Crippen molar-refractivity contribution in [1.82, 2.24) is 0 Å². The maximum atomic E-state index is 11.3. The van der Waals surface area contributed by atoms with Crippen LogP contribution in [0.5, 0.6) is 5.75 Å². The third-order valence-electron chi connectivity index (χ3n) is 2.38. The summed E-state index contributed by atoms with van der Waals surface area (Å²) < 4.78 is 15.7. The van der Waals surface area contributed by atoms with Gasteiger partial charge in [-0.2, -0.15) is 0 Å². The molecule has 1 aliphatic heterocycles. The van der Waals surface area contributed by atoms with Crippen LogP contribution >= 0.6 is 0 Å². The maximum Gasteiger partial charge on any atom is 0.342 e. The zero-order valence-electron chi connectivity index (χ0n) is 7.62. The van der Waals surface area contributed by atoms with Gasteiger partial charge in [0.15, 0.2) is 11.3 Å². The maximum absolute atomic E-state index is 11.3. The van der Waals surface area contributed by atoms with Crippen LogP contribution in [0.4, 0.5) is 0 Å². The van der Waals surface area contributed by atoms with E-state index < -0.39 is 0 Å². The summed E-state index contributed by atoms with van der Waals surface area (Å²) in [5.41, 5.74) is 2.69. The van der Waals surface area contributed by atoms with E-state index in [4.69, 9.17) is 13.9 Å². The number of fused-ring (bicyclic) bond motifs is 5. The SMILES string of the molecule is O=C1OCc2c1c1oc2cc1OC[SiH3]. The third kappa shape index (κ3) is 0.798. The van der Waals surface area contributed by atoms with Crippen molar-refractivity contribution in [3.05, 3.63) is 17.2 Å². The Morgan fingerprint density at radius 1 is 1.57 bits per heavy atom. The van der Waals surface area contributed by atoms with E-state index in [0.29, 0.717) is 35.3 Å². The van der Waals surface area contributed by atoms with E-state index in [0.717, 1.165) is 15.8 Å². The van der Waals surface area contributed by atoms with Crippen LogP contribution in [0.25, 0.3) is 11.2 Å². The fourth-order valence-corrected chi connectivity index (χ4v) is 2.10. The highest BCUT2D eigenvalue weighted by atomic mass is 28.1. The lowest BCUT2D eigenvalue weighted by molar-refractivity contribution is 0.0534. The van der Waals surface area contributed by atoms with Crippen molar-refractivity contribution in [2.24, 2.45) is 0 Å². The molecule has 4 nitrogen and oxygen atoms in total. The molecule has 2 aromatic rings. The molecule has 3 rings (SSSR count). The van der Waals surface area contributed by atoms with Gasteiger partial charge in [0.2, 0.25) is 0 Å². The monoisotopic (exact) mass is 208 g/mol. The molecule has 5 heteroatoms. The molecule has 0 radical (unpaired) electrons. The first-order valence-corrected chi connectivity index (χ1v) is 5.90. The van der Waals surface area contributed by atoms with Crippen LogP contribution in [-0.2, 0) is 11.3 Å². The molecule has 1 aliphatic rings. The lowest BCUT2D eigenvalue weighted by atomic mass is 10.1. The van der Waals surface area contributed by atoms with Crippen LogP contribution in [0.3, 0.4) is 0 Å². The molecule has 0 aliphatic carbocycles. The quantitative estimate of drug-likeness (QED) is 0.524. The number of carbonyl (C=O) groups excluding carboxylic acids is 1. The summed E-state index contributed by atoms with van der Waals surface area (Å²) in [4.78, 5) is 11.3. The predicted molar refractivity (Wildman–Crippen MR) is 52.0 cm³/mol. The number of esters is 1. The van der Waals surface area contributed by atoms with Crippen LogP contribution in [0.2, 0.25) is 0 Å². The van der Waals surface area contributed by atoms with Crippen molar-refractivity contribution >= 4 is 27.4 Å². The zero-order valence-corrected chi connectivity index (χ0v) is 9.62. The molecule has 2 bridgehead atoms. The first kappa shape index (κ1) is 7.87. The zero-order chi connectivity index (χ0) is 9.71. The van der Waals surface area contributed by atoms with Gasteiger partial charge in [0.1, 0.15) is 17.8 Å². The van der Waals surface area contributed by atoms with E-state index in [1.54, 1.807) is 0 Å². The molecule has 0 amide bonds. The average Bonchev–Trinajstić information content (AvgIpc) is 2.78. The molecule has 0 atom stereocenters. The Kier molecular flexibility index (Phi) is 1.41. The van der Waals surface area contributed by atoms with Crippen LogP contribution in [0.1, 0.15) is 15.9 Å². The third-order valence-corrected chi connectivity index (χ3v) is 2.66.